The molecule has 0 aliphatic carbocycles. The Morgan fingerprint density at radius 1 is 1.44 bits per heavy atom. The Morgan fingerprint density at radius 3 is 2.38 bits per heavy atom. The number of hydrogen-bond acceptors (Lipinski definition) is 3. The zero-order chi connectivity index (χ0) is 12.8. The summed E-state index contributed by atoms with van der Waals surface area (Å²) in [7, 11) is 1.76. The molecule has 0 spiro atoms. The second-order valence-corrected chi connectivity index (χ2v) is 4.34. The third-order valence-electron chi connectivity index (χ3n) is 2.58. The van der Waals surface area contributed by atoms with Crippen molar-refractivity contribution in [1.29, 1.82) is 0 Å². The normalized spacial score (nSPS) is 16.2. The Kier molecular flexibility index (Phi) is 6.03. The van der Waals surface area contributed by atoms with E-state index in [-0.39, 0.29) is 11.8 Å². The first-order valence-corrected chi connectivity index (χ1v) is 5.57. The van der Waals surface area contributed by atoms with Gasteiger partial charge in [-0.05, 0) is 20.4 Å². The van der Waals surface area contributed by atoms with Crippen LogP contribution in [0, 0.1) is 5.92 Å². The van der Waals surface area contributed by atoms with Crippen LogP contribution in [0.3, 0.4) is 0 Å². The van der Waals surface area contributed by atoms with Gasteiger partial charge in [0.05, 0.1) is 0 Å². The number of hydrogen-bond donors (Lipinski definition) is 3. The van der Waals surface area contributed by atoms with Gasteiger partial charge in [0.25, 0.3) is 0 Å². The summed E-state index contributed by atoms with van der Waals surface area (Å²) < 4.78 is 0. The van der Waals surface area contributed by atoms with Crippen LogP contribution in [-0.4, -0.2) is 36.1 Å². The smallest absolute Gasteiger partial charge is 0.329 e. The van der Waals surface area contributed by atoms with Gasteiger partial charge in [-0.15, -0.1) is 0 Å². The van der Waals surface area contributed by atoms with Gasteiger partial charge in [-0.2, -0.15) is 0 Å². The van der Waals surface area contributed by atoms with Crippen LogP contribution in [0.2, 0.25) is 0 Å². The number of amides is 1. The fourth-order valence-electron chi connectivity index (χ4n) is 1.52. The Hall–Kier alpha value is -1.10. The topological polar surface area (TPSA) is 78.4 Å². The lowest BCUT2D eigenvalue weighted by Gasteiger charge is -2.27. The minimum Gasteiger partial charge on any atom is -0.480 e. The van der Waals surface area contributed by atoms with Crippen LogP contribution in [0.25, 0.3) is 0 Å². The highest BCUT2D eigenvalue weighted by Crippen LogP contribution is 2.13. The molecule has 94 valence electrons. The summed E-state index contributed by atoms with van der Waals surface area (Å²) in [6.45, 7) is 5.74. The molecule has 16 heavy (non-hydrogen) atoms. The summed E-state index contributed by atoms with van der Waals surface area (Å²) in [6, 6.07) is 0. The number of carbonyl (C=O) groups excluding carboxylic acids is 1. The highest BCUT2D eigenvalue weighted by Gasteiger charge is 2.34. The molecule has 0 rings (SSSR count). The predicted molar refractivity (Wildman–Crippen MR) is 62.2 cm³/mol. The minimum absolute atomic E-state index is 0.229. The first-order valence-electron chi connectivity index (χ1n) is 5.57. The zero-order valence-electron chi connectivity index (χ0n) is 10.5. The molecular formula is C11H22N2O3. The summed E-state index contributed by atoms with van der Waals surface area (Å²) in [5.74, 6) is -1.45. The van der Waals surface area contributed by atoms with Crippen molar-refractivity contribution < 1.29 is 14.7 Å². The van der Waals surface area contributed by atoms with Crippen molar-refractivity contribution in [1.82, 2.24) is 10.6 Å². The third-order valence-corrected chi connectivity index (χ3v) is 2.58. The van der Waals surface area contributed by atoms with Gasteiger partial charge in [0.15, 0.2) is 0 Å². The molecule has 0 heterocycles. The average molecular weight is 230 g/mol. The minimum atomic E-state index is -1.16. The van der Waals surface area contributed by atoms with E-state index < -0.39 is 11.5 Å². The molecule has 2 atom stereocenters. The van der Waals surface area contributed by atoms with Crippen LogP contribution < -0.4 is 10.6 Å². The van der Waals surface area contributed by atoms with Crippen molar-refractivity contribution in [2.24, 2.45) is 5.92 Å². The van der Waals surface area contributed by atoms with Gasteiger partial charge in [-0.1, -0.05) is 20.3 Å². The third kappa shape index (κ3) is 4.18. The maximum atomic E-state index is 11.7. The number of carbonyl (C=O) groups is 2. The molecule has 0 aromatic rings. The van der Waals surface area contributed by atoms with E-state index in [9.17, 15) is 9.59 Å². The van der Waals surface area contributed by atoms with Crippen molar-refractivity contribution in [2.75, 3.05) is 13.6 Å². The van der Waals surface area contributed by atoms with Crippen LogP contribution in [0.1, 0.15) is 33.6 Å². The zero-order valence-corrected chi connectivity index (χ0v) is 10.5. The molecule has 0 radical (unpaired) electrons. The molecule has 0 bridgehead atoms. The van der Waals surface area contributed by atoms with Crippen LogP contribution >= 0.6 is 0 Å². The fourth-order valence-corrected chi connectivity index (χ4v) is 1.52. The molecule has 2 unspecified atom stereocenters. The molecule has 5 nitrogen and oxygen atoms in total. The summed E-state index contributed by atoms with van der Waals surface area (Å²) in [5, 5.41) is 14.6. The Bertz CT molecular complexity index is 256. The summed E-state index contributed by atoms with van der Waals surface area (Å²) in [5.41, 5.74) is -1.16. The Labute approximate surface area is 96.6 Å². The van der Waals surface area contributed by atoms with Gasteiger partial charge in [-0.25, -0.2) is 4.79 Å². The van der Waals surface area contributed by atoms with E-state index in [1.54, 1.807) is 20.9 Å². The summed E-state index contributed by atoms with van der Waals surface area (Å²) in [4.78, 5) is 22.8. The lowest BCUT2D eigenvalue weighted by Crippen LogP contribution is -2.54. The van der Waals surface area contributed by atoms with Gasteiger partial charge in [0.2, 0.25) is 5.91 Å². The molecule has 0 aliphatic heterocycles. The van der Waals surface area contributed by atoms with Crippen molar-refractivity contribution in [2.45, 2.75) is 39.2 Å². The number of carboxylic acids is 1. The standard InChI is InChI=1S/C11H22N2O3/c1-5-6-11(3,10(15)16)13-9(14)8(2)7-12-4/h8,12H,5-7H2,1-4H3,(H,13,14)(H,15,16). The predicted octanol–water partition coefficient (Wildman–Crippen LogP) is 0.601. The maximum Gasteiger partial charge on any atom is 0.329 e. The van der Waals surface area contributed by atoms with Crippen molar-refractivity contribution in [3.05, 3.63) is 0 Å². The molecule has 0 saturated heterocycles. The molecule has 0 aromatic heterocycles. The van der Waals surface area contributed by atoms with Crippen molar-refractivity contribution >= 4 is 11.9 Å². The van der Waals surface area contributed by atoms with Gasteiger partial charge in [0.1, 0.15) is 5.54 Å². The highest BCUT2D eigenvalue weighted by molar-refractivity contribution is 5.87. The average Bonchev–Trinajstić information content (AvgIpc) is 2.18. The summed E-state index contributed by atoms with van der Waals surface area (Å²) in [6.07, 6.45) is 1.14. The number of nitrogens with one attached hydrogen (secondary N) is 2. The second kappa shape index (κ2) is 6.48. The van der Waals surface area contributed by atoms with Crippen molar-refractivity contribution in [3.8, 4) is 0 Å². The molecule has 5 heteroatoms. The van der Waals surface area contributed by atoms with E-state index in [4.69, 9.17) is 5.11 Å². The quantitative estimate of drug-likeness (QED) is 0.598. The van der Waals surface area contributed by atoms with E-state index in [1.165, 1.54) is 0 Å². The summed E-state index contributed by atoms with van der Waals surface area (Å²) >= 11 is 0. The van der Waals surface area contributed by atoms with Crippen LogP contribution in [0.4, 0.5) is 0 Å². The maximum absolute atomic E-state index is 11.7. The number of aliphatic carboxylic acids is 1. The van der Waals surface area contributed by atoms with E-state index in [2.05, 4.69) is 10.6 Å². The van der Waals surface area contributed by atoms with Gasteiger partial charge >= 0.3 is 5.97 Å². The van der Waals surface area contributed by atoms with Crippen LogP contribution in [0.5, 0.6) is 0 Å². The lowest BCUT2D eigenvalue weighted by atomic mass is 9.95. The molecular weight excluding hydrogens is 208 g/mol. The first kappa shape index (κ1) is 14.9. The van der Waals surface area contributed by atoms with Crippen LogP contribution in [-0.2, 0) is 9.59 Å². The molecule has 0 saturated carbocycles. The monoisotopic (exact) mass is 230 g/mol. The molecule has 0 aliphatic rings. The number of rotatable bonds is 7. The van der Waals surface area contributed by atoms with E-state index in [1.807, 2.05) is 6.92 Å². The van der Waals surface area contributed by atoms with Gasteiger partial charge < -0.3 is 15.7 Å². The lowest BCUT2D eigenvalue weighted by molar-refractivity contribution is -0.147. The van der Waals surface area contributed by atoms with Crippen molar-refractivity contribution in [3.63, 3.8) is 0 Å². The molecule has 3 N–H and O–H groups in total. The second-order valence-electron chi connectivity index (χ2n) is 4.34. The highest BCUT2D eigenvalue weighted by atomic mass is 16.4. The Balaban J connectivity index is 4.52. The molecule has 1 amide bonds. The van der Waals surface area contributed by atoms with Gasteiger partial charge in [0, 0.05) is 12.5 Å². The Morgan fingerprint density at radius 2 is 2.00 bits per heavy atom. The fraction of sp³-hybridized carbons (Fsp3) is 0.818. The van der Waals surface area contributed by atoms with E-state index in [0.29, 0.717) is 19.4 Å². The SMILES string of the molecule is CCCC(C)(NC(=O)C(C)CNC)C(=O)O. The largest absolute Gasteiger partial charge is 0.480 e. The molecule has 0 fully saturated rings. The molecule has 0 aromatic carbocycles. The van der Waals surface area contributed by atoms with Crippen LogP contribution in [0.15, 0.2) is 0 Å². The number of carboxylic acid groups (broad SMARTS) is 1. The van der Waals surface area contributed by atoms with Gasteiger partial charge in [-0.3, -0.25) is 4.79 Å². The van der Waals surface area contributed by atoms with E-state index in [0.717, 1.165) is 0 Å². The first-order chi connectivity index (χ1) is 7.37. The van der Waals surface area contributed by atoms with E-state index >= 15 is 0 Å².